The second-order valence-corrected chi connectivity index (χ2v) is 5.52. The van der Waals surface area contributed by atoms with E-state index in [2.05, 4.69) is 31.2 Å². The number of benzene rings is 1. The van der Waals surface area contributed by atoms with Crippen molar-refractivity contribution in [3.8, 4) is 0 Å². The molecule has 1 aromatic carbocycles. The summed E-state index contributed by atoms with van der Waals surface area (Å²) in [5, 5.41) is 3.35. The van der Waals surface area contributed by atoms with Crippen molar-refractivity contribution in [3.05, 3.63) is 51.1 Å². The molecule has 7 heteroatoms. The van der Waals surface area contributed by atoms with Crippen molar-refractivity contribution < 1.29 is 9.13 Å². The van der Waals surface area contributed by atoms with Crippen LogP contribution in [0.2, 0.25) is 5.15 Å². The van der Waals surface area contributed by atoms with E-state index in [-0.39, 0.29) is 12.4 Å². The number of ether oxygens (including phenoxy) is 1. The average molecular weight is 375 g/mol. The molecule has 112 valence electrons. The van der Waals surface area contributed by atoms with E-state index in [1.54, 1.807) is 18.2 Å². The zero-order valence-electron chi connectivity index (χ0n) is 11.4. The maximum absolute atomic E-state index is 13.7. The molecule has 0 bridgehead atoms. The van der Waals surface area contributed by atoms with E-state index in [9.17, 15) is 4.39 Å². The van der Waals surface area contributed by atoms with E-state index >= 15 is 0 Å². The van der Waals surface area contributed by atoms with Gasteiger partial charge in [0.05, 0.1) is 0 Å². The monoisotopic (exact) mass is 373 g/mol. The molecule has 0 unspecified atom stereocenters. The number of rotatable bonds is 6. The van der Waals surface area contributed by atoms with Crippen LogP contribution >= 0.6 is 27.5 Å². The van der Waals surface area contributed by atoms with Gasteiger partial charge in [0, 0.05) is 29.3 Å². The van der Waals surface area contributed by atoms with Crippen LogP contribution in [0.3, 0.4) is 0 Å². The van der Waals surface area contributed by atoms with Crippen molar-refractivity contribution in [3.63, 3.8) is 0 Å². The molecule has 0 saturated heterocycles. The molecular formula is C14H14BrClFN3O. The van der Waals surface area contributed by atoms with Crippen LogP contribution in [0.1, 0.15) is 18.3 Å². The lowest BCUT2D eigenvalue weighted by Crippen LogP contribution is -2.07. The molecule has 0 aliphatic heterocycles. The van der Waals surface area contributed by atoms with Gasteiger partial charge in [0.2, 0.25) is 0 Å². The first kappa shape index (κ1) is 16.1. The van der Waals surface area contributed by atoms with Crippen LogP contribution in [0.5, 0.6) is 0 Å². The summed E-state index contributed by atoms with van der Waals surface area (Å²) in [7, 11) is 0. The zero-order valence-corrected chi connectivity index (χ0v) is 13.7. The van der Waals surface area contributed by atoms with Gasteiger partial charge in [-0.05, 0) is 25.1 Å². The number of nitrogens with zero attached hydrogens (tertiary/aromatic N) is 2. The summed E-state index contributed by atoms with van der Waals surface area (Å²) in [6.45, 7) is 3.05. The van der Waals surface area contributed by atoms with Crippen LogP contribution in [0.25, 0.3) is 0 Å². The molecule has 0 radical (unpaired) electrons. The smallest absolute Gasteiger partial charge is 0.158 e. The lowest BCUT2D eigenvalue weighted by atomic mass is 10.2. The van der Waals surface area contributed by atoms with Crippen molar-refractivity contribution in [1.82, 2.24) is 9.97 Å². The summed E-state index contributed by atoms with van der Waals surface area (Å²) in [4.78, 5) is 8.34. The Morgan fingerprint density at radius 3 is 2.90 bits per heavy atom. The minimum Gasteiger partial charge on any atom is -0.374 e. The fourth-order valence-corrected chi connectivity index (χ4v) is 2.29. The van der Waals surface area contributed by atoms with Crippen LogP contribution in [0.15, 0.2) is 28.7 Å². The minimum absolute atomic E-state index is 0.277. The number of nitrogens with one attached hydrogen (secondary N) is 1. The van der Waals surface area contributed by atoms with Gasteiger partial charge in [0.25, 0.3) is 0 Å². The molecular weight excluding hydrogens is 361 g/mol. The third-order valence-corrected chi connectivity index (χ3v) is 3.33. The van der Waals surface area contributed by atoms with E-state index < -0.39 is 0 Å². The molecule has 1 N–H and O–H groups in total. The molecule has 0 fully saturated rings. The predicted molar refractivity (Wildman–Crippen MR) is 83.8 cm³/mol. The van der Waals surface area contributed by atoms with Crippen LogP contribution in [-0.2, 0) is 17.9 Å². The van der Waals surface area contributed by atoms with E-state index in [0.717, 1.165) is 4.47 Å². The maximum atomic E-state index is 13.7. The number of halogens is 3. The summed E-state index contributed by atoms with van der Waals surface area (Å²) in [6.07, 6.45) is 0. The molecule has 4 nitrogen and oxygen atoms in total. The summed E-state index contributed by atoms with van der Waals surface area (Å²) in [6, 6.07) is 6.37. The molecule has 0 amide bonds. The topological polar surface area (TPSA) is 47.0 Å². The van der Waals surface area contributed by atoms with Gasteiger partial charge in [-0.3, -0.25) is 0 Å². The van der Waals surface area contributed by atoms with Gasteiger partial charge in [-0.2, -0.15) is 0 Å². The molecule has 0 spiro atoms. The first-order chi connectivity index (χ1) is 10.1. The molecule has 2 rings (SSSR count). The molecule has 0 saturated carbocycles. The van der Waals surface area contributed by atoms with Gasteiger partial charge in [0.1, 0.15) is 23.4 Å². The number of aromatic nitrogens is 2. The molecule has 0 aliphatic carbocycles. The fraction of sp³-hybridized carbons (Fsp3) is 0.286. The normalized spacial score (nSPS) is 10.7. The van der Waals surface area contributed by atoms with Gasteiger partial charge in [0.15, 0.2) is 5.82 Å². The van der Waals surface area contributed by atoms with E-state index in [0.29, 0.717) is 35.5 Å². The molecule has 0 aliphatic rings. The quantitative estimate of drug-likeness (QED) is 0.771. The van der Waals surface area contributed by atoms with Crippen molar-refractivity contribution in [2.24, 2.45) is 0 Å². The summed E-state index contributed by atoms with van der Waals surface area (Å²) < 4.78 is 19.7. The van der Waals surface area contributed by atoms with E-state index in [1.807, 2.05) is 6.92 Å². The maximum Gasteiger partial charge on any atom is 0.158 e. The lowest BCUT2D eigenvalue weighted by Gasteiger charge is -2.09. The summed E-state index contributed by atoms with van der Waals surface area (Å²) in [5.41, 5.74) is 0.533. The van der Waals surface area contributed by atoms with Crippen LogP contribution < -0.4 is 5.32 Å². The number of hydrogen-bond donors (Lipinski definition) is 1. The zero-order chi connectivity index (χ0) is 15.2. The number of anilines is 1. The van der Waals surface area contributed by atoms with E-state index in [4.69, 9.17) is 16.3 Å². The standard InChI is InChI=1S/C14H14BrClFN3O/c1-2-21-8-14-19-12(16)6-13(20-14)18-7-9-5-10(15)3-4-11(9)17/h3-6H,2,7-8H2,1H3,(H,18,19,20). The van der Waals surface area contributed by atoms with E-state index in [1.165, 1.54) is 6.07 Å². The molecule has 0 atom stereocenters. The van der Waals surface area contributed by atoms with Crippen LogP contribution in [-0.4, -0.2) is 16.6 Å². The molecule has 2 aromatic rings. The number of hydrogen-bond acceptors (Lipinski definition) is 4. The predicted octanol–water partition coefficient (Wildman–Crippen LogP) is 4.18. The Morgan fingerprint density at radius 1 is 1.33 bits per heavy atom. The van der Waals surface area contributed by atoms with Gasteiger partial charge in [-0.25, -0.2) is 14.4 Å². The highest BCUT2D eigenvalue weighted by Gasteiger charge is 2.06. The van der Waals surface area contributed by atoms with Crippen LogP contribution in [0.4, 0.5) is 10.2 Å². The lowest BCUT2D eigenvalue weighted by molar-refractivity contribution is 0.128. The Morgan fingerprint density at radius 2 is 2.14 bits per heavy atom. The van der Waals surface area contributed by atoms with Crippen LogP contribution in [0, 0.1) is 5.82 Å². The Kier molecular flexibility index (Phi) is 5.90. The first-order valence-electron chi connectivity index (χ1n) is 6.37. The Hall–Kier alpha value is -1.24. The second kappa shape index (κ2) is 7.68. The van der Waals surface area contributed by atoms with Crippen molar-refractivity contribution in [1.29, 1.82) is 0 Å². The van der Waals surface area contributed by atoms with Gasteiger partial charge < -0.3 is 10.1 Å². The molecule has 1 heterocycles. The van der Waals surface area contributed by atoms with Crippen molar-refractivity contribution in [2.75, 3.05) is 11.9 Å². The highest BCUT2D eigenvalue weighted by atomic mass is 79.9. The Bertz CT molecular complexity index is 627. The summed E-state index contributed by atoms with van der Waals surface area (Å²) in [5.74, 6) is 0.742. The SMILES string of the molecule is CCOCc1nc(Cl)cc(NCc2cc(Br)ccc2F)n1. The van der Waals surface area contributed by atoms with Gasteiger partial charge in [-0.15, -0.1) is 0 Å². The second-order valence-electron chi connectivity index (χ2n) is 4.22. The van der Waals surface area contributed by atoms with Crippen molar-refractivity contribution >= 4 is 33.3 Å². The summed E-state index contributed by atoms with van der Waals surface area (Å²) >= 11 is 9.26. The Labute approximate surface area is 135 Å². The third kappa shape index (κ3) is 4.91. The minimum atomic E-state index is -0.277. The van der Waals surface area contributed by atoms with Gasteiger partial charge >= 0.3 is 0 Å². The largest absolute Gasteiger partial charge is 0.374 e. The molecule has 1 aromatic heterocycles. The highest BCUT2D eigenvalue weighted by Crippen LogP contribution is 2.18. The first-order valence-corrected chi connectivity index (χ1v) is 7.54. The average Bonchev–Trinajstić information content (AvgIpc) is 2.45. The van der Waals surface area contributed by atoms with Crippen molar-refractivity contribution in [2.45, 2.75) is 20.1 Å². The fourth-order valence-electron chi connectivity index (χ4n) is 1.68. The third-order valence-electron chi connectivity index (χ3n) is 2.64. The Balaban J connectivity index is 2.08. The van der Waals surface area contributed by atoms with Gasteiger partial charge in [-0.1, -0.05) is 27.5 Å². The highest BCUT2D eigenvalue weighted by molar-refractivity contribution is 9.10. The molecule has 21 heavy (non-hydrogen) atoms.